The quantitative estimate of drug-likeness (QED) is 0.834. The van der Waals surface area contributed by atoms with Crippen molar-refractivity contribution in [2.24, 2.45) is 0 Å². The molecule has 1 unspecified atom stereocenters. The predicted molar refractivity (Wildman–Crippen MR) is 93.4 cm³/mol. The summed E-state index contributed by atoms with van der Waals surface area (Å²) in [5, 5.41) is 0. The van der Waals surface area contributed by atoms with Crippen molar-refractivity contribution in [3.05, 3.63) is 47.8 Å². The van der Waals surface area contributed by atoms with Crippen LogP contribution in [0.1, 0.15) is 18.9 Å². The molecule has 0 aliphatic carbocycles. The zero-order chi connectivity index (χ0) is 18.2. The maximum absolute atomic E-state index is 13.6. The summed E-state index contributed by atoms with van der Waals surface area (Å²) in [6.07, 6.45) is 1.25. The van der Waals surface area contributed by atoms with Crippen molar-refractivity contribution in [1.29, 1.82) is 0 Å². The van der Waals surface area contributed by atoms with Gasteiger partial charge in [0, 0.05) is 12.1 Å². The van der Waals surface area contributed by atoms with Crippen molar-refractivity contribution in [3.63, 3.8) is 0 Å². The minimum atomic E-state index is -3.91. The molecule has 25 heavy (non-hydrogen) atoms. The lowest BCUT2D eigenvalue weighted by Gasteiger charge is -2.36. The van der Waals surface area contributed by atoms with Crippen molar-refractivity contribution in [1.82, 2.24) is 0 Å². The molecule has 0 amide bonds. The normalized spacial score (nSPS) is 17.1. The molecule has 2 aromatic carbocycles. The number of aryl methyl sites for hydroxylation is 1. The fourth-order valence-electron chi connectivity index (χ4n) is 3.15. The van der Waals surface area contributed by atoms with Crippen LogP contribution >= 0.6 is 0 Å². The van der Waals surface area contributed by atoms with Crippen molar-refractivity contribution in [2.45, 2.75) is 30.7 Å². The number of anilines is 1. The van der Waals surface area contributed by atoms with E-state index < -0.39 is 10.0 Å². The molecule has 2 aromatic rings. The number of hydrogen-bond acceptors (Lipinski definition) is 4. The number of benzene rings is 2. The standard InChI is InChI=1S/C18H20FNO4S/c1-12-4-5-13-10-14(19)6-8-16(13)20(12)25(21,22)18-11-15(23-2)7-9-17(18)24-3/h6-12H,4-5H2,1-3H3. The Hall–Kier alpha value is -2.28. The van der Waals surface area contributed by atoms with Crippen LogP contribution in [0.25, 0.3) is 0 Å². The maximum atomic E-state index is 13.6. The molecular formula is C18H20FNO4S. The molecule has 0 spiro atoms. The highest BCUT2D eigenvalue weighted by Gasteiger charge is 2.36. The number of fused-ring (bicyclic) bond motifs is 1. The molecular weight excluding hydrogens is 345 g/mol. The van der Waals surface area contributed by atoms with Crippen LogP contribution in [-0.4, -0.2) is 28.7 Å². The van der Waals surface area contributed by atoms with E-state index in [-0.39, 0.29) is 22.5 Å². The Kier molecular flexibility index (Phi) is 4.60. The van der Waals surface area contributed by atoms with Crippen molar-refractivity contribution in [3.8, 4) is 11.5 Å². The summed E-state index contributed by atoms with van der Waals surface area (Å²) >= 11 is 0. The molecule has 7 heteroatoms. The van der Waals surface area contributed by atoms with E-state index >= 15 is 0 Å². The fourth-order valence-corrected chi connectivity index (χ4v) is 5.05. The van der Waals surface area contributed by atoms with Gasteiger partial charge in [0.2, 0.25) is 0 Å². The molecule has 3 rings (SSSR count). The van der Waals surface area contributed by atoms with Gasteiger partial charge in [-0.2, -0.15) is 0 Å². The average molecular weight is 365 g/mol. The second kappa shape index (κ2) is 6.55. The molecule has 1 atom stereocenters. The van der Waals surface area contributed by atoms with Crippen molar-refractivity contribution < 1.29 is 22.3 Å². The van der Waals surface area contributed by atoms with Crippen LogP contribution in [0.5, 0.6) is 11.5 Å². The second-order valence-corrected chi connectivity index (χ2v) is 7.76. The van der Waals surface area contributed by atoms with Gasteiger partial charge in [0.25, 0.3) is 10.0 Å². The molecule has 0 saturated carbocycles. The van der Waals surface area contributed by atoms with Gasteiger partial charge in [-0.1, -0.05) is 0 Å². The fraction of sp³-hybridized carbons (Fsp3) is 0.333. The van der Waals surface area contributed by atoms with E-state index in [1.54, 1.807) is 12.1 Å². The van der Waals surface area contributed by atoms with Crippen molar-refractivity contribution in [2.75, 3.05) is 18.5 Å². The summed E-state index contributed by atoms with van der Waals surface area (Å²) in [5.74, 6) is 0.287. The first-order valence-electron chi connectivity index (χ1n) is 7.93. The van der Waals surface area contributed by atoms with Gasteiger partial charge in [-0.05, 0) is 55.7 Å². The van der Waals surface area contributed by atoms with E-state index in [1.165, 1.54) is 42.8 Å². The zero-order valence-corrected chi connectivity index (χ0v) is 15.1. The van der Waals surface area contributed by atoms with E-state index in [4.69, 9.17) is 9.47 Å². The van der Waals surface area contributed by atoms with Gasteiger partial charge in [0.15, 0.2) is 0 Å². The molecule has 134 valence electrons. The molecule has 0 bridgehead atoms. The van der Waals surface area contributed by atoms with Crippen LogP contribution in [0.15, 0.2) is 41.3 Å². The predicted octanol–water partition coefficient (Wildman–Crippen LogP) is 3.37. The number of nitrogens with zero attached hydrogens (tertiary/aromatic N) is 1. The lowest BCUT2D eigenvalue weighted by molar-refractivity contribution is 0.392. The van der Waals surface area contributed by atoms with E-state index in [0.29, 0.717) is 29.8 Å². The molecule has 0 N–H and O–H groups in total. The summed E-state index contributed by atoms with van der Waals surface area (Å²) in [6, 6.07) is 8.59. The molecule has 0 radical (unpaired) electrons. The Morgan fingerprint density at radius 1 is 1.12 bits per heavy atom. The van der Waals surface area contributed by atoms with E-state index in [1.807, 2.05) is 6.92 Å². The first-order chi connectivity index (χ1) is 11.9. The smallest absolute Gasteiger partial charge is 0.268 e. The Morgan fingerprint density at radius 3 is 2.56 bits per heavy atom. The molecule has 5 nitrogen and oxygen atoms in total. The van der Waals surface area contributed by atoms with Crippen LogP contribution < -0.4 is 13.8 Å². The largest absolute Gasteiger partial charge is 0.497 e. The molecule has 1 heterocycles. The Bertz CT molecular complexity index is 898. The summed E-state index contributed by atoms with van der Waals surface area (Å²) in [7, 11) is -1.01. The Labute approximate surface area is 147 Å². The van der Waals surface area contributed by atoms with Gasteiger partial charge < -0.3 is 9.47 Å². The van der Waals surface area contributed by atoms with Crippen LogP contribution in [0.2, 0.25) is 0 Å². The van der Waals surface area contributed by atoms with Crippen LogP contribution in [0.4, 0.5) is 10.1 Å². The topological polar surface area (TPSA) is 55.8 Å². The first-order valence-corrected chi connectivity index (χ1v) is 9.37. The maximum Gasteiger partial charge on any atom is 0.268 e. The Balaban J connectivity index is 2.18. The van der Waals surface area contributed by atoms with Crippen LogP contribution in [-0.2, 0) is 16.4 Å². The van der Waals surface area contributed by atoms with Crippen LogP contribution in [0.3, 0.4) is 0 Å². The van der Waals surface area contributed by atoms with Gasteiger partial charge in [-0.3, -0.25) is 4.31 Å². The molecule has 0 fully saturated rings. The van der Waals surface area contributed by atoms with E-state index in [0.717, 1.165) is 0 Å². The average Bonchev–Trinajstić information content (AvgIpc) is 2.60. The lowest BCUT2D eigenvalue weighted by Crippen LogP contribution is -2.42. The van der Waals surface area contributed by atoms with Gasteiger partial charge in [0.1, 0.15) is 22.2 Å². The number of ether oxygens (including phenoxy) is 2. The van der Waals surface area contributed by atoms with E-state index in [2.05, 4.69) is 0 Å². The SMILES string of the molecule is COc1ccc(OC)c(S(=O)(=O)N2c3ccc(F)cc3CCC2C)c1. The molecule has 0 saturated heterocycles. The number of methoxy groups -OCH3 is 2. The summed E-state index contributed by atoms with van der Waals surface area (Å²) < 4.78 is 52.1. The minimum absolute atomic E-state index is 0.0263. The third kappa shape index (κ3) is 3.04. The summed E-state index contributed by atoms with van der Waals surface area (Å²) in [5.41, 5.74) is 1.19. The van der Waals surface area contributed by atoms with E-state index in [9.17, 15) is 12.8 Å². The van der Waals surface area contributed by atoms with Gasteiger partial charge in [-0.25, -0.2) is 12.8 Å². The highest BCUT2D eigenvalue weighted by molar-refractivity contribution is 7.93. The van der Waals surface area contributed by atoms with Gasteiger partial charge in [0.05, 0.1) is 19.9 Å². The minimum Gasteiger partial charge on any atom is -0.497 e. The number of halogens is 1. The first kappa shape index (κ1) is 17.5. The molecule has 0 aromatic heterocycles. The highest BCUT2D eigenvalue weighted by atomic mass is 32.2. The molecule has 1 aliphatic heterocycles. The zero-order valence-electron chi connectivity index (χ0n) is 14.3. The number of rotatable bonds is 4. The van der Waals surface area contributed by atoms with Crippen molar-refractivity contribution >= 4 is 15.7 Å². The second-order valence-electron chi connectivity index (χ2n) is 5.98. The van der Waals surface area contributed by atoms with Gasteiger partial charge >= 0.3 is 0 Å². The summed E-state index contributed by atoms with van der Waals surface area (Å²) in [4.78, 5) is 0.0263. The summed E-state index contributed by atoms with van der Waals surface area (Å²) in [6.45, 7) is 1.84. The number of sulfonamides is 1. The lowest BCUT2D eigenvalue weighted by atomic mass is 9.99. The third-order valence-electron chi connectivity index (χ3n) is 4.42. The Morgan fingerprint density at radius 2 is 1.88 bits per heavy atom. The van der Waals surface area contributed by atoms with Gasteiger partial charge in [-0.15, -0.1) is 0 Å². The number of hydrogen-bond donors (Lipinski definition) is 0. The third-order valence-corrected chi connectivity index (χ3v) is 6.37. The molecule has 1 aliphatic rings. The monoisotopic (exact) mass is 365 g/mol. The highest BCUT2D eigenvalue weighted by Crippen LogP contribution is 2.39. The van der Waals surface area contributed by atoms with Crippen LogP contribution in [0, 0.1) is 5.82 Å².